The van der Waals surface area contributed by atoms with E-state index in [9.17, 15) is 9.59 Å². The maximum absolute atomic E-state index is 12.3. The molecule has 1 unspecified atom stereocenters. The minimum absolute atomic E-state index is 0.00127. The largest absolute Gasteiger partial charge is 0.368 e. The molecule has 1 saturated heterocycles. The minimum Gasteiger partial charge on any atom is -0.368 e. The van der Waals surface area contributed by atoms with Gasteiger partial charge >= 0.3 is 0 Å². The zero-order chi connectivity index (χ0) is 13.9. The van der Waals surface area contributed by atoms with Crippen molar-refractivity contribution in [3.05, 3.63) is 12.4 Å². The zero-order valence-electron chi connectivity index (χ0n) is 11.0. The highest BCUT2D eigenvalue weighted by atomic mass is 16.2. The summed E-state index contributed by atoms with van der Waals surface area (Å²) in [6, 6.07) is 0. The predicted molar refractivity (Wildman–Crippen MR) is 70.3 cm³/mol. The molecule has 0 bridgehead atoms. The fourth-order valence-electron chi connectivity index (χ4n) is 2.34. The third-order valence-electron chi connectivity index (χ3n) is 3.61. The van der Waals surface area contributed by atoms with Gasteiger partial charge < -0.3 is 16.4 Å². The number of rotatable bonds is 5. The Kier molecular flexibility index (Phi) is 3.84. The zero-order valence-corrected chi connectivity index (χ0v) is 11.0. The van der Waals surface area contributed by atoms with Gasteiger partial charge in [0.25, 0.3) is 0 Å². The SMILES string of the molecule is CCC1(C(=O)Nc2cnn(CC(N)=O)c2)CCNC1. The van der Waals surface area contributed by atoms with Gasteiger partial charge in [0.15, 0.2) is 0 Å². The summed E-state index contributed by atoms with van der Waals surface area (Å²) in [5, 5.41) is 10.0. The van der Waals surface area contributed by atoms with Crippen molar-refractivity contribution in [2.45, 2.75) is 26.3 Å². The Balaban J connectivity index is 2.02. The van der Waals surface area contributed by atoms with Gasteiger partial charge in [0.2, 0.25) is 11.8 Å². The second-order valence-electron chi connectivity index (χ2n) is 4.91. The van der Waals surface area contributed by atoms with Gasteiger partial charge in [0, 0.05) is 12.7 Å². The lowest BCUT2D eigenvalue weighted by atomic mass is 9.83. The Hall–Kier alpha value is -1.89. The van der Waals surface area contributed by atoms with Gasteiger partial charge in [0.05, 0.1) is 17.3 Å². The van der Waals surface area contributed by atoms with Crippen LogP contribution in [0.2, 0.25) is 0 Å². The summed E-state index contributed by atoms with van der Waals surface area (Å²) < 4.78 is 1.41. The van der Waals surface area contributed by atoms with Crippen molar-refractivity contribution in [1.82, 2.24) is 15.1 Å². The van der Waals surface area contributed by atoms with Crippen LogP contribution in [-0.4, -0.2) is 34.7 Å². The predicted octanol–water partition coefficient (Wildman–Crippen LogP) is -0.303. The number of primary amides is 1. The van der Waals surface area contributed by atoms with Gasteiger partial charge in [-0.05, 0) is 19.4 Å². The lowest BCUT2D eigenvalue weighted by Gasteiger charge is -2.24. The molecule has 0 radical (unpaired) electrons. The van der Waals surface area contributed by atoms with E-state index < -0.39 is 5.91 Å². The van der Waals surface area contributed by atoms with Crippen molar-refractivity contribution in [3.63, 3.8) is 0 Å². The van der Waals surface area contributed by atoms with Crippen molar-refractivity contribution in [2.75, 3.05) is 18.4 Å². The minimum atomic E-state index is -0.467. The third-order valence-corrected chi connectivity index (χ3v) is 3.61. The molecule has 2 heterocycles. The monoisotopic (exact) mass is 265 g/mol. The van der Waals surface area contributed by atoms with Gasteiger partial charge in [0.1, 0.15) is 6.54 Å². The van der Waals surface area contributed by atoms with Crippen LogP contribution in [0, 0.1) is 5.41 Å². The molecule has 1 aromatic heterocycles. The molecule has 7 nitrogen and oxygen atoms in total. The second kappa shape index (κ2) is 5.40. The molecular formula is C12H19N5O2. The standard InChI is InChI=1S/C12H19N5O2/c1-2-12(3-4-14-8-12)11(19)16-9-5-15-17(6-9)7-10(13)18/h5-6,14H,2-4,7-8H2,1H3,(H2,13,18)(H,16,19). The number of carbonyl (C=O) groups is 2. The van der Waals surface area contributed by atoms with Gasteiger partial charge in [-0.3, -0.25) is 14.3 Å². The van der Waals surface area contributed by atoms with E-state index in [1.54, 1.807) is 6.20 Å². The normalized spacial score (nSPS) is 22.4. The molecule has 0 aliphatic carbocycles. The number of amides is 2. The molecule has 1 aromatic rings. The number of carbonyl (C=O) groups excluding carboxylic acids is 2. The summed E-state index contributed by atoms with van der Waals surface area (Å²) in [6.45, 7) is 3.59. The van der Waals surface area contributed by atoms with Crippen LogP contribution in [0.25, 0.3) is 0 Å². The molecule has 0 aromatic carbocycles. The molecule has 4 N–H and O–H groups in total. The lowest BCUT2D eigenvalue weighted by molar-refractivity contribution is -0.124. The fourth-order valence-corrected chi connectivity index (χ4v) is 2.34. The summed E-state index contributed by atoms with van der Waals surface area (Å²) in [5.41, 5.74) is 5.33. The highest BCUT2D eigenvalue weighted by Gasteiger charge is 2.39. The maximum Gasteiger partial charge on any atom is 0.239 e. The van der Waals surface area contributed by atoms with Crippen LogP contribution in [0.5, 0.6) is 0 Å². The fraction of sp³-hybridized carbons (Fsp3) is 0.583. The molecule has 1 aliphatic rings. The summed E-state index contributed by atoms with van der Waals surface area (Å²) in [5.74, 6) is -0.468. The molecule has 2 amide bonds. The van der Waals surface area contributed by atoms with E-state index in [0.29, 0.717) is 12.2 Å². The van der Waals surface area contributed by atoms with Crippen molar-refractivity contribution in [1.29, 1.82) is 0 Å². The van der Waals surface area contributed by atoms with E-state index in [-0.39, 0.29) is 17.9 Å². The number of aromatic nitrogens is 2. The molecule has 7 heteroatoms. The topological polar surface area (TPSA) is 102 Å². The molecule has 2 rings (SSSR count). The van der Waals surface area contributed by atoms with Gasteiger partial charge in [-0.15, -0.1) is 0 Å². The highest BCUT2D eigenvalue weighted by Crippen LogP contribution is 2.30. The molecule has 104 valence electrons. The Labute approximate surface area is 111 Å². The molecule has 0 saturated carbocycles. The third kappa shape index (κ3) is 2.93. The number of hydrogen-bond donors (Lipinski definition) is 3. The molecule has 0 spiro atoms. The smallest absolute Gasteiger partial charge is 0.239 e. The Bertz CT molecular complexity index is 476. The van der Waals surface area contributed by atoms with Crippen molar-refractivity contribution in [3.8, 4) is 0 Å². The van der Waals surface area contributed by atoms with Gasteiger partial charge in [-0.2, -0.15) is 5.10 Å². The number of nitrogens with zero attached hydrogens (tertiary/aromatic N) is 2. The first-order valence-corrected chi connectivity index (χ1v) is 6.39. The van der Waals surface area contributed by atoms with Crippen LogP contribution in [0.1, 0.15) is 19.8 Å². The first kappa shape index (κ1) is 13.5. The highest BCUT2D eigenvalue weighted by molar-refractivity contribution is 5.95. The van der Waals surface area contributed by atoms with Crippen molar-refractivity contribution in [2.24, 2.45) is 11.1 Å². The maximum atomic E-state index is 12.3. The number of anilines is 1. The summed E-state index contributed by atoms with van der Waals surface area (Å²) in [7, 11) is 0. The van der Waals surface area contributed by atoms with Crippen LogP contribution < -0.4 is 16.4 Å². The van der Waals surface area contributed by atoms with Crippen LogP contribution in [-0.2, 0) is 16.1 Å². The molecule has 19 heavy (non-hydrogen) atoms. The average molecular weight is 265 g/mol. The first-order chi connectivity index (χ1) is 9.05. The van der Waals surface area contributed by atoms with E-state index in [0.717, 1.165) is 19.4 Å². The Morgan fingerprint density at radius 2 is 2.42 bits per heavy atom. The van der Waals surface area contributed by atoms with Crippen LogP contribution in [0.15, 0.2) is 12.4 Å². The Morgan fingerprint density at radius 3 is 3.00 bits per heavy atom. The number of nitrogens with one attached hydrogen (secondary N) is 2. The quantitative estimate of drug-likeness (QED) is 0.680. The Morgan fingerprint density at radius 1 is 1.63 bits per heavy atom. The molecule has 1 fully saturated rings. The molecule has 1 aliphatic heterocycles. The molecule has 1 atom stereocenters. The van der Waals surface area contributed by atoms with E-state index >= 15 is 0 Å². The van der Waals surface area contributed by atoms with Gasteiger partial charge in [-0.1, -0.05) is 6.92 Å². The summed E-state index contributed by atoms with van der Waals surface area (Å²) in [6.07, 6.45) is 4.76. The first-order valence-electron chi connectivity index (χ1n) is 6.39. The van der Waals surface area contributed by atoms with E-state index in [2.05, 4.69) is 15.7 Å². The number of hydrogen-bond acceptors (Lipinski definition) is 4. The van der Waals surface area contributed by atoms with Crippen LogP contribution >= 0.6 is 0 Å². The van der Waals surface area contributed by atoms with Gasteiger partial charge in [-0.25, -0.2) is 0 Å². The summed E-state index contributed by atoms with van der Waals surface area (Å²) >= 11 is 0. The summed E-state index contributed by atoms with van der Waals surface area (Å²) in [4.78, 5) is 23.1. The lowest BCUT2D eigenvalue weighted by Crippen LogP contribution is -2.37. The van der Waals surface area contributed by atoms with Crippen LogP contribution in [0.3, 0.4) is 0 Å². The van der Waals surface area contributed by atoms with E-state index in [1.165, 1.54) is 10.9 Å². The second-order valence-corrected chi connectivity index (χ2v) is 4.91. The number of nitrogens with two attached hydrogens (primary N) is 1. The van der Waals surface area contributed by atoms with E-state index in [4.69, 9.17) is 5.73 Å². The van der Waals surface area contributed by atoms with E-state index in [1.807, 2.05) is 6.92 Å². The van der Waals surface area contributed by atoms with Crippen LogP contribution in [0.4, 0.5) is 5.69 Å². The van der Waals surface area contributed by atoms with Crippen molar-refractivity contribution < 1.29 is 9.59 Å². The average Bonchev–Trinajstić information content (AvgIpc) is 2.98. The van der Waals surface area contributed by atoms with Crippen molar-refractivity contribution >= 4 is 17.5 Å². The molecular weight excluding hydrogens is 246 g/mol.